The van der Waals surface area contributed by atoms with Gasteiger partial charge in [-0.1, -0.05) is 42.5 Å². The van der Waals surface area contributed by atoms with Crippen LogP contribution < -0.4 is 4.74 Å². The van der Waals surface area contributed by atoms with Crippen molar-refractivity contribution in [3.63, 3.8) is 0 Å². The van der Waals surface area contributed by atoms with Gasteiger partial charge < -0.3 is 25.2 Å². The first kappa shape index (κ1) is 32.5. The molecule has 0 aromatic heterocycles. The maximum absolute atomic E-state index is 12.6. The number of carbonyl (C=O) groups is 4. The lowest BCUT2D eigenvalue weighted by Crippen LogP contribution is -2.49. The van der Waals surface area contributed by atoms with Crippen molar-refractivity contribution in [3.05, 3.63) is 65.7 Å². The number of hydrogen-bond acceptors (Lipinski definition) is 9. The van der Waals surface area contributed by atoms with Gasteiger partial charge in [0.1, 0.15) is 18.4 Å². The van der Waals surface area contributed by atoms with Gasteiger partial charge in [-0.3, -0.25) is 38.8 Å². The van der Waals surface area contributed by atoms with E-state index in [0.717, 1.165) is 5.56 Å². The minimum absolute atomic E-state index is 0.191. The molecule has 1 unspecified atom stereocenters. The lowest BCUT2D eigenvalue weighted by Gasteiger charge is -2.35. The predicted molar refractivity (Wildman–Crippen MR) is 151 cm³/mol. The zero-order chi connectivity index (χ0) is 30.5. The highest BCUT2D eigenvalue weighted by Gasteiger charge is 2.29. The molecule has 3 rings (SSSR count). The minimum Gasteiger partial charge on any atom is -0.489 e. The third kappa shape index (κ3) is 11.1. The van der Waals surface area contributed by atoms with Crippen LogP contribution in [0.4, 0.5) is 0 Å². The molecule has 0 aliphatic carbocycles. The summed E-state index contributed by atoms with van der Waals surface area (Å²) in [6, 6.07) is 15.3. The van der Waals surface area contributed by atoms with E-state index in [1.807, 2.05) is 30.3 Å². The minimum atomic E-state index is -1.10. The monoisotopic (exact) mass is 586 g/mol. The zero-order valence-electron chi connectivity index (χ0n) is 23.4. The maximum Gasteiger partial charge on any atom is 0.325 e. The lowest BCUT2D eigenvalue weighted by atomic mass is 10.0. The van der Waals surface area contributed by atoms with Gasteiger partial charge in [-0.25, -0.2) is 0 Å². The van der Waals surface area contributed by atoms with E-state index in [0.29, 0.717) is 17.9 Å². The van der Waals surface area contributed by atoms with Crippen LogP contribution in [-0.2, 0) is 25.8 Å². The van der Waals surface area contributed by atoms with Gasteiger partial charge >= 0.3 is 23.9 Å². The number of benzene rings is 2. The third-order valence-electron chi connectivity index (χ3n) is 6.99. The Bertz CT molecular complexity index is 1150. The molecule has 228 valence electrons. The molecular weight excluding hydrogens is 548 g/mol. The summed E-state index contributed by atoms with van der Waals surface area (Å²) in [6.07, 6.45) is 0. The van der Waals surface area contributed by atoms with Gasteiger partial charge in [-0.2, -0.15) is 0 Å². The average molecular weight is 587 g/mol. The van der Waals surface area contributed by atoms with Crippen molar-refractivity contribution >= 4 is 23.9 Å². The summed E-state index contributed by atoms with van der Waals surface area (Å²) in [7, 11) is 0. The van der Waals surface area contributed by atoms with Crippen molar-refractivity contribution in [1.82, 2.24) is 19.6 Å². The van der Waals surface area contributed by atoms with E-state index in [2.05, 4.69) is 0 Å². The van der Waals surface area contributed by atoms with Crippen molar-refractivity contribution in [3.8, 4) is 5.75 Å². The molecule has 42 heavy (non-hydrogen) atoms. The van der Waals surface area contributed by atoms with Crippen molar-refractivity contribution in [1.29, 1.82) is 0 Å². The number of ether oxygens (including phenoxy) is 1. The molecule has 1 fully saturated rings. The van der Waals surface area contributed by atoms with E-state index >= 15 is 0 Å². The van der Waals surface area contributed by atoms with Gasteiger partial charge in [-0.15, -0.1) is 0 Å². The van der Waals surface area contributed by atoms with Gasteiger partial charge in [0.15, 0.2) is 0 Å². The number of aliphatic carboxylic acids is 4. The highest BCUT2D eigenvalue weighted by molar-refractivity contribution is 5.75. The molecular formula is C29H38N4O9. The Morgan fingerprint density at radius 2 is 1.05 bits per heavy atom. The van der Waals surface area contributed by atoms with E-state index in [1.165, 1.54) is 0 Å². The van der Waals surface area contributed by atoms with Crippen LogP contribution in [-0.4, -0.2) is 136 Å². The van der Waals surface area contributed by atoms with Crippen LogP contribution in [0.25, 0.3) is 0 Å². The summed E-state index contributed by atoms with van der Waals surface area (Å²) >= 11 is 0. The van der Waals surface area contributed by atoms with Crippen LogP contribution in [0.3, 0.4) is 0 Å². The predicted octanol–water partition coefficient (Wildman–Crippen LogP) is 0.867. The van der Waals surface area contributed by atoms with E-state index in [-0.39, 0.29) is 72.0 Å². The SMILES string of the molecule is O=C(O)CN1CCN(CC(=O)O)CCN(C(C(=O)O)c2ccc(OCc3ccccc3)cc2)CCN(CC(=O)O)CC1. The number of carboxylic acids is 4. The quantitative estimate of drug-likeness (QED) is 0.276. The molecule has 1 heterocycles. The van der Waals surface area contributed by atoms with Gasteiger partial charge in [0.05, 0.1) is 19.6 Å². The maximum atomic E-state index is 12.6. The van der Waals surface area contributed by atoms with Crippen LogP contribution in [0.1, 0.15) is 17.2 Å². The summed E-state index contributed by atoms with van der Waals surface area (Å²) < 4.78 is 5.83. The zero-order valence-corrected chi connectivity index (χ0v) is 23.4. The van der Waals surface area contributed by atoms with Gasteiger partial charge in [0.25, 0.3) is 0 Å². The number of nitrogens with zero attached hydrogens (tertiary/aromatic N) is 4. The van der Waals surface area contributed by atoms with Crippen molar-refractivity contribution < 1.29 is 44.3 Å². The second-order valence-corrected chi connectivity index (χ2v) is 10.1. The molecule has 0 saturated carbocycles. The first-order valence-corrected chi connectivity index (χ1v) is 13.7. The fourth-order valence-corrected chi connectivity index (χ4v) is 4.86. The molecule has 1 aliphatic heterocycles. The lowest BCUT2D eigenvalue weighted by molar-refractivity contribution is -0.145. The Labute approximate surface area is 244 Å². The molecule has 2 aromatic carbocycles. The van der Waals surface area contributed by atoms with E-state index in [1.54, 1.807) is 43.9 Å². The second-order valence-electron chi connectivity index (χ2n) is 10.1. The molecule has 2 aromatic rings. The van der Waals surface area contributed by atoms with E-state index < -0.39 is 29.9 Å². The standard InChI is InChI=1S/C29H38N4O9/c34-25(35)18-30-10-12-31(19-26(36)37)14-16-33(17-15-32(13-11-30)20-27(38)39)28(29(40)41)23-6-8-24(9-7-23)42-21-22-4-2-1-3-5-22/h1-9,28H,10-21H2,(H,34,35)(H,36,37)(H,38,39)(H,40,41). The van der Waals surface area contributed by atoms with Crippen LogP contribution in [0.2, 0.25) is 0 Å². The number of hydrogen-bond donors (Lipinski definition) is 4. The smallest absolute Gasteiger partial charge is 0.325 e. The largest absolute Gasteiger partial charge is 0.489 e. The first-order valence-electron chi connectivity index (χ1n) is 13.7. The first-order chi connectivity index (χ1) is 20.1. The Morgan fingerprint density at radius 1 is 0.619 bits per heavy atom. The molecule has 1 atom stereocenters. The van der Waals surface area contributed by atoms with Crippen LogP contribution in [0.15, 0.2) is 54.6 Å². The second kappa shape index (κ2) is 16.4. The van der Waals surface area contributed by atoms with Crippen LogP contribution >= 0.6 is 0 Å². The van der Waals surface area contributed by atoms with E-state index in [4.69, 9.17) is 4.74 Å². The Kier molecular flexibility index (Phi) is 12.7. The molecule has 0 amide bonds. The summed E-state index contributed by atoms with van der Waals surface area (Å²) in [4.78, 5) is 53.7. The highest BCUT2D eigenvalue weighted by Crippen LogP contribution is 2.24. The molecule has 0 radical (unpaired) electrons. The van der Waals surface area contributed by atoms with Crippen LogP contribution in [0, 0.1) is 0 Å². The summed E-state index contributed by atoms with van der Waals surface area (Å²) in [6.45, 7) is 1.35. The molecule has 13 heteroatoms. The topological polar surface area (TPSA) is 171 Å². The summed E-state index contributed by atoms with van der Waals surface area (Å²) in [5.74, 6) is -3.66. The fourth-order valence-electron chi connectivity index (χ4n) is 4.86. The van der Waals surface area contributed by atoms with Crippen molar-refractivity contribution in [2.75, 3.05) is 72.0 Å². The number of rotatable bonds is 12. The Morgan fingerprint density at radius 3 is 1.45 bits per heavy atom. The molecule has 0 bridgehead atoms. The van der Waals surface area contributed by atoms with E-state index in [9.17, 15) is 39.6 Å². The van der Waals surface area contributed by atoms with Gasteiger partial charge in [0.2, 0.25) is 0 Å². The molecule has 4 N–H and O–H groups in total. The summed E-state index contributed by atoms with van der Waals surface area (Å²) in [5.41, 5.74) is 1.50. The van der Waals surface area contributed by atoms with Crippen molar-refractivity contribution in [2.45, 2.75) is 12.6 Å². The molecule has 0 spiro atoms. The third-order valence-corrected chi connectivity index (χ3v) is 6.99. The average Bonchev–Trinajstić information content (AvgIpc) is 2.93. The molecule has 13 nitrogen and oxygen atoms in total. The number of carboxylic acid groups (broad SMARTS) is 4. The fraction of sp³-hybridized carbons (Fsp3) is 0.448. The van der Waals surface area contributed by atoms with Gasteiger partial charge in [0, 0.05) is 52.4 Å². The Balaban J connectivity index is 1.81. The normalized spacial score (nSPS) is 17.4. The summed E-state index contributed by atoms with van der Waals surface area (Å²) in [5, 5.41) is 38.5. The Hall–Kier alpha value is -4.04. The van der Waals surface area contributed by atoms with Crippen molar-refractivity contribution in [2.24, 2.45) is 0 Å². The highest BCUT2D eigenvalue weighted by atomic mass is 16.5. The van der Waals surface area contributed by atoms with Gasteiger partial charge in [-0.05, 0) is 23.3 Å². The van der Waals surface area contributed by atoms with Crippen LogP contribution in [0.5, 0.6) is 5.75 Å². The molecule has 1 aliphatic rings. The molecule has 1 saturated heterocycles.